The van der Waals surface area contributed by atoms with Gasteiger partial charge in [0.05, 0.1) is 25.5 Å². The summed E-state index contributed by atoms with van der Waals surface area (Å²) in [6.07, 6.45) is 0.880. The SMILES string of the molecule is CC(C)Oc1ccc(/C=N\NC(=O)[C@H](COCc2ccccc2)NC(=O)OC(C)(C)C)cc1. The summed E-state index contributed by atoms with van der Waals surface area (Å²) in [6, 6.07) is 15.9. The predicted octanol–water partition coefficient (Wildman–Crippen LogP) is 4.03. The Balaban J connectivity index is 1.95. The summed E-state index contributed by atoms with van der Waals surface area (Å²) < 4.78 is 16.5. The van der Waals surface area contributed by atoms with E-state index >= 15 is 0 Å². The fraction of sp³-hybridized carbons (Fsp3) is 0.400. The number of amides is 2. The van der Waals surface area contributed by atoms with E-state index in [0.29, 0.717) is 6.61 Å². The Morgan fingerprint density at radius 1 is 1.03 bits per heavy atom. The Kier molecular flexibility index (Phi) is 9.87. The maximum Gasteiger partial charge on any atom is 0.408 e. The number of nitrogens with zero attached hydrogens (tertiary/aromatic N) is 1. The van der Waals surface area contributed by atoms with Crippen LogP contribution in [0.4, 0.5) is 4.79 Å². The molecule has 2 N–H and O–H groups in total. The molecular weight excluding hydrogens is 422 g/mol. The third kappa shape index (κ3) is 10.7. The lowest BCUT2D eigenvalue weighted by molar-refractivity contribution is -0.124. The van der Waals surface area contributed by atoms with Gasteiger partial charge in [0.1, 0.15) is 17.4 Å². The van der Waals surface area contributed by atoms with E-state index in [2.05, 4.69) is 15.8 Å². The zero-order chi connectivity index (χ0) is 24.3. The van der Waals surface area contributed by atoms with Gasteiger partial charge in [0, 0.05) is 0 Å². The summed E-state index contributed by atoms with van der Waals surface area (Å²) in [5, 5.41) is 6.53. The standard InChI is InChI=1S/C25H33N3O5/c1-18(2)32-21-13-11-19(12-14-21)15-26-28-23(29)22(27-24(30)33-25(3,4)5)17-31-16-20-9-7-6-8-10-20/h6-15,18,22H,16-17H2,1-5H3,(H,27,30)(H,28,29)/b26-15-/t22-/m0/s1. The molecule has 8 heteroatoms. The van der Waals surface area contributed by atoms with Gasteiger partial charge in [0.15, 0.2) is 0 Å². The van der Waals surface area contributed by atoms with E-state index < -0.39 is 23.6 Å². The van der Waals surface area contributed by atoms with Crippen molar-refractivity contribution in [2.75, 3.05) is 6.61 Å². The smallest absolute Gasteiger partial charge is 0.408 e. The minimum Gasteiger partial charge on any atom is -0.491 e. The van der Waals surface area contributed by atoms with Crippen molar-refractivity contribution in [2.45, 2.75) is 59.0 Å². The normalized spacial score (nSPS) is 12.4. The molecular formula is C25H33N3O5. The lowest BCUT2D eigenvalue weighted by atomic mass is 10.2. The maximum absolute atomic E-state index is 12.7. The average Bonchev–Trinajstić information content (AvgIpc) is 2.73. The molecule has 0 aromatic heterocycles. The molecule has 0 bridgehead atoms. The van der Waals surface area contributed by atoms with Crippen LogP contribution in [-0.4, -0.2) is 42.6 Å². The van der Waals surface area contributed by atoms with E-state index in [0.717, 1.165) is 16.9 Å². The van der Waals surface area contributed by atoms with Gasteiger partial charge >= 0.3 is 6.09 Å². The van der Waals surface area contributed by atoms with Crippen LogP contribution < -0.4 is 15.5 Å². The molecule has 2 aromatic carbocycles. The first kappa shape index (κ1) is 25.9. The molecule has 0 saturated carbocycles. The lowest BCUT2D eigenvalue weighted by Crippen LogP contribution is -2.49. The van der Waals surface area contributed by atoms with E-state index in [-0.39, 0.29) is 12.7 Å². The Labute approximate surface area is 195 Å². The topological polar surface area (TPSA) is 98.3 Å². The molecule has 0 spiro atoms. The van der Waals surface area contributed by atoms with Crippen molar-refractivity contribution in [1.82, 2.24) is 10.7 Å². The third-order valence-electron chi connectivity index (χ3n) is 4.04. The number of alkyl carbamates (subject to hydrolysis) is 1. The van der Waals surface area contributed by atoms with Crippen molar-refractivity contribution in [3.8, 4) is 5.75 Å². The molecule has 0 radical (unpaired) electrons. The summed E-state index contributed by atoms with van der Waals surface area (Å²) in [4.78, 5) is 24.8. The Morgan fingerprint density at radius 2 is 1.70 bits per heavy atom. The fourth-order valence-corrected chi connectivity index (χ4v) is 2.65. The molecule has 33 heavy (non-hydrogen) atoms. The number of rotatable bonds is 10. The van der Waals surface area contributed by atoms with Gasteiger partial charge in [0.2, 0.25) is 0 Å². The monoisotopic (exact) mass is 455 g/mol. The highest BCUT2D eigenvalue weighted by Gasteiger charge is 2.24. The first-order valence-electron chi connectivity index (χ1n) is 10.8. The van der Waals surface area contributed by atoms with Gasteiger partial charge in [-0.15, -0.1) is 0 Å². The number of hydrogen-bond acceptors (Lipinski definition) is 6. The van der Waals surface area contributed by atoms with Crippen LogP contribution in [0.5, 0.6) is 5.75 Å². The van der Waals surface area contributed by atoms with Crippen LogP contribution in [0.15, 0.2) is 59.7 Å². The second-order valence-electron chi connectivity index (χ2n) is 8.67. The number of ether oxygens (including phenoxy) is 3. The summed E-state index contributed by atoms with van der Waals surface area (Å²) in [5.74, 6) is 0.230. The molecule has 0 unspecified atom stereocenters. The molecule has 0 heterocycles. The van der Waals surface area contributed by atoms with Gasteiger partial charge in [-0.05, 0) is 70.0 Å². The van der Waals surface area contributed by atoms with Gasteiger partial charge in [-0.2, -0.15) is 5.10 Å². The van der Waals surface area contributed by atoms with E-state index in [1.807, 2.05) is 68.4 Å². The van der Waals surface area contributed by atoms with E-state index in [9.17, 15) is 9.59 Å². The molecule has 2 rings (SSSR count). The van der Waals surface area contributed by atoms with Gasteiger partial charge in [-0.25, -0.2) is 10.2 Å². The molecule has 2 aromatic rings. The Bertz CT molecular complexity index is 906. The van der Waals surface area contributed by atoms with Gasteiger partial charge in [-0.3, -0.25) is 4.79 Å². The van der Waals surface area contributed by atoms with Crippen molar-refractivity contribution < 1.29 is 23.8 Å². The van der Waals surface area contributed by atoms with Crippen molar-refractivity contribution in [3.63, 3.8) is 0 Å². The van der Waals surface area contributed by atoms with Crippen molar-refractivity contribution in [2.24, 2.45) is 5.10 Å². The van der Waals surface area contributed by atoms with Crippen LogP contribution in [0, 0.1) is 0 Å². The van der Waals surface area contributed by atoms with E-state index in [1.54, 1.807) is 20.8 Å². The van der Waals surface area contributed by atoms with Crippen LogP contribution >= 0.6 is 0 Å². The minimum absolute atomic E-state index is 0.0449. The number of carbonyl (C=O) groups excluding carboxylic acids is 2. The highest BCUT2D eigenvalue weighted by molar-refractivity contribution is 5.87. The molecule has 0 fully saturated rings. The largest absolute Gasteiger partial charge is 0.491 e. The Morgan fingerprint density at radius 3 is 2.30 bits per heavy atom. The average molecular weight is 456 g/mol. The molecule has 1 atom stereocenters. The molecule has 0 aliphatic heterocycles. The highest BCUT2D eigenvalue weighted by atomic mass is 16.6. The number of nitrogens with one attached hydrogen (secondary N) is 2. The zero-order valence-corrected chi connectivity index (χ0v) is 19.8. The highest BCUT2D eigenvalue weighted by Crippen LogP contribution is 2.13. The minimum atomic E-state index is -0.984. The molecule has 0 aliphatic carbocycles. The summed E-state index contributed by atoms with van der Waals surface area (Å²) >= 11 is 0. The molecule has 0 aliphatic rings. The first-order chi connectivity index (χ1) is 15.6. The second kappa shape index (κ2) is 12.6. The van der Waals surface area contributed by atoms with Gasteiger partial charge < -0.3 is 19.5 Å². The fourth-order valence-electron chi connectivity index (χ4n) is 2.65. The first-order valence-corrected chi connectivity index (χ1v) is 10.8. The second-order valence-corrected chi connectivity index (χ2v) is 8.67. The summed E-state index contributed by atoms with van der Waals surface area (Å²) in [6.45, 7) is 9.40. The number of benzene rings is 2. The third-order valence-corrected chi connectivity index (χ3v) is 4.04. The zero-order valence-electron chi connectivity index (χ0n) is 19.8. The van der Waals surface area contributed by atoms with Crippen LogP contribution in [0.1, 0.15) is 45.7 Å². The molecule has 2 amide bonds. The Hall–Kier alpha value is -3.39. The van der Waals surface area contributed by atoms with Crippen molar-refractivity contribution >= 4 is 18.2 Å². The number of hydrogen-bond donors (Lipinski definition) is 2. The quantitative estimate of drug-likeness (QED) is 0.416. The molecule has 0 saturated heterocycles. The summed E-state index contributed by atoms with van der Waals surface area (Å²) in [7, 11) is 0. The van der Waals surface area contributed by atoms with Crippen molar-refractivity contribution in [1.29, 1.82) is 0 Å². The van der Waals surface area contributed by atoms with Crippen LogP contribution in [-0.2, 0) is 20.9 Å². The van der Waals surface area contributed by atoms with Crippen LogP contribution in [0.3, 0.4) is 0 Å². The van der Waals surface area contributed by atoms with Crippen LogP contribution in [0.25, 0.3) is 0 Å². The van der Waals surface area contributed by atoms with E-state index in [1.165, 1.54) is 6.21 Å². The van der Waals surface area contributed by atoms with Gasteiger partial charge in [-0.1, -0.05) is 30.3 Å². The molecule has 178 valence electrons. The number of carbonyl (C=O) groups is 2. The van der Waals surface area contributed by atoms with Crippen molar-refractivity contribution in [3.05, 3.63) is 65.7 Å². The maximum atomic E-state index is 12.7. The van der Waals surface area contributed by atoms with E-state index in [4.69, 9.17) is 14.2 Å². The predicted molar refractivity (Wildman–Crippen MR) is 127 cm³/mol. The summed E-state index contributed by atoms with van der Waals surface area (Å²) in [5.41, 5.74) is 3.49. The lowest BCUT2D eigenvalue weighted by Gasteiger charge is -2.22. The van der Waals surface area contributed by atoms with Gasteiger partial charge in [0.25, 0.3) is 5.91 Å². The molecule has 8 nitrogen and oxygen atoms in total. The number of hydrazone groups is 1. The van der Waals surface area contributed by atoms with Crippen LogP contribution in [0.2, 0.25) is 0 Å².